The molecule has 3 rings (SSSR count). The van der Waals surface area contributed by atoms with Crippen LogP contribution in [0.3, 0.4) is 0 Å². The fraction of sp³-hybridized carbons (Fsp3) is 0.667. The number of nitrogens with zero attached hydrogens (tertiary/aromatic N) is 3. The van der Waals surface area contributed by atoms with Crippen LogP contribution in [0.2, 0.25) is 0 Å². The minimum Gasteiger partial charge on any atom is -0.357 e. The highest BCUT2D eigenvalue weighted by atomic mass is 32.2. The molecule has 0 saturated carbocycles. The molecule has 0 bridgehead atoms. The Hall–Kier alpha value is -1.60. The predicted molar refractivity (Wildman–Crippen MR) is 115 cm³/mol. The lowest BCUT2D eigenvalue weighted by Crippen LogP contribution is -2.48. The van der Waals surface area contributed by atoms with Gasteiger partial charge in [0.15, 0.2) is 5.96 Å². The average Bonchev–Trinajstić information content (AvgIpc) is 3.15. The molecule has 0 aliphatic carbocycles. The lowest BCUT2D eigenvalue weighted by Gasteiger charge is -2.39. The van der Waals surface area contributed by atoms with Gasteiger partial charge in [-0.25, -0.2) is 8.42 Å². The number of piperidine rings is 1. The first-order valence-electron chi connectivity index (χ1n) is 10.4. The maximum absolute atomic E-state index is 12.0. The summed E-state index contributed by atoms with van der Waals surface area (Å²) in [6, 6.07) is 10.8. The zero-order chi connectivity index (χ0) is 20.1. The minimum absolute atomic E-state index is 0.0112. The molecule has 6 nitrogen and oxygen atoms in total. The summed E-state index contributed by atoms with van der Waals surface area (Å²) in [4.78, 5) is 7.18. The fourth-order valence-corrected chi connectivity index (χ4v) is 5.75. The summed E-state index contributed by atoms with van der Waals surface area (Å²) in [5.74, 6) is 2.04. The summed E-state index contributed by atoms with van der Waals surface area (Å²) in [6.45, 7) is 8.29. The topological polar surface area (TPSA) is 65.0 Å². The van der Waals surface area contributed by atoms with Gasteiger partial charge in [0.25, 0.3) is 0 Å². The summed E-state index contributed by atoms with van der Waals surface area (Å²) < 4.78 is 25.6. The molecular weight excluding hydrogens is 372 g/mol. The van der Waals surface area contributed by atoms with Gasteiger partial charge in [-0.3, -0.25) is 4.99 Å². The van der Waals surface area contributed by atoms with Crippen LogP contribution < -0.4 is 5.32 Å². The fourth-order valence-electron chi connectivity index (χ4n) is 4.58. The largest absolute Gasteiger partial charge is 0.357 e. The maximum Gasteiger partial charge on any atom is 0.211 e. The Morgan fingerprint density at radius 3 is 2.61 bits per heavy atom. The van der Waals surface area contributed by atoms with Crippen LogP contribution in [0.5, 0.6) is 0 Å². The van der Waals surface area contributed by atoms with E-state index in [1.54, 1.807) is 4.31 Å². The van der Waals surface area contributed by atoms with Gasteiger partial charge in [-0.15, -0.1) is 0 Å². The van der Waals surface area contributed by atoms with Crippen molar-refractivity contribution in [2.45, 2.75) is 45.1 Å². The second-order valence-corrected chi connectivity index (χ2v) is 10.0. The molecule has 3 atom stereocenters. The number of benzene rings is 1. The van der Waals surface area contributed by atoms with E-state index in [0.717, 1.165) is 44.9 Å². The third-order valence-electron chi connectivity index (χ3n) is 5.97. The standard InChI is InChI=1S/C21H34N4O2S/c1-4-22-21(23-15-19-11-8-13-25(19)28(3,26)27)24-14-12-20(17(2)16-24)18-9-6-5-7-10-18/h5-7,9-10,17,19-20H,4,8,11-16H2,1-3H3,(H,22,23)/t17?,19-,20?/m1/s1. The second-order valence-electron chi connectivity index (χ2n) is 8.09. The van der Waals surface area contributed by atoms with Crippen LogP contribution in [-0.4, -0.2) is 68.6 Å². The normalized spacial score (nSPS) is 27.2. The van der Waals surface area contributed by atoms with Crippen LogP contribution in [0.15, 0.2) is 35.3 Å². The molecule has 0 radical (unpaired) electrons. The van der Waals surface area contributed by atoms with E-state index in [9.17, 15) is 8.42 Å². The van der Waals surface area contributed by atoms with Crippen LogP contribution in [0.4, 0.5) is 0 Å². The Morgan fingerprint density at radius 2 is 1.96 bits per heavy atom. The van der Waals surface area contributed by atoms with Gasteiger partial charge in [0.05, 0.1) is 12.8 Å². The Bertz CT molecular complexity index is 766. The van der Waals surface area contributed by atoms with E-state index in [2.05, 4.69) is 54.4 Å². The quantitative estimate of drug-likeness (QED) is 0.603. The molecule has 2 aliphatic rings. The van der Waals surface area contributed by atoms with Gasteiger partial charge in [-0.1, -0.05) is 37.3 Å². The summed E-state index contributed by atoms with van der Waals surface area (Å²) in [5, 5.41) is 3.41. The van der Waals surface area contributed by atoms with Gasteiger partial charge in [-0.2, -0.15) is 4.31 Å². The summed E-state index contributed by atoms with van der Waals surface area (Å²) in [7, 11) is -3.15. The number of nitrogens with one attached hydrogen (secondary N) is 1. The molecule has 2 fully saturated rings. The van der Waals surface area contributed by atoms with Gasteiger partial charge in [0.2, 0.25) is 10.0 Å². The summed E-state index contributed by atoms with van der Waals surface area (Å²) in [5.41, 5.74) is 1.42. The third-order valence-corrected chi connectivity index (χ3v) is 7.30. The highest BCUT2D eigenvalue weighted by Crippen LogP contribution is 2.32. The third kappa shape index (κ3) is 5.06. The summed E-state index contributed by atoms with van der Waals surface area (Å²) in [6.07, 6.45) is 4.22. The van der Waals surface area contributed by atoms with Crippen molar-refractivity contribution in [3.8, 4) is 0 Å². The Morgan fingerprint density at radius 1 is 1.21 bits per heavy atom. The molecule has 1 aromatic rings. The van der Waals surface area contributed by atoms with Crippen molar-refractivity contribution in [1.82, 2.24) is 14.5 Å². The molecule has 156 valence electrons. The molecule has 2 saturated heterocycles. The Balaban J connectivity index is 1.66. The van der Waals surface area contributed by atoms with E-state index < -0.39 is 10.0 Å². The monoisotopic (exact) mass is 406 g/mol. The molecular formula is C21H34N4O2S. The van der Waals surface area contributed by atoms with Crippen molar-refractivity contribution in [3.05, 3.63) is 35.9 Å². The van der Waals surface area contributed by atoms with E-state index in [1.807, 2.05) is 0 Å². The predicted octanol–water partition coefficient (Wildman–Crippen LogP) is 2.50. The van der Waals surface area contributed by atoms with Crippen molar-refractivity contribution >= 4 is 16.0 Å². The van der Waals surface area contributed by atoms with Crippen LogP contribution in [0.1, 0.15) is 44.6 Å². The molecule has 2 heterocycles. The number of hydrogen-bond donors (Lipinski definition) is 1. The van der Waals surface area contributed by atoms with Gasteiger partial charge < -0.3 is 10.2 Å². The van der Waals surface area contributed by atoms with Gasteiger partial charge >= 0.3 is 0 Å². The molecule has 0 amide bonds. The number of rotatable bonds is 5. The van der Waals surface area contributed by atoms with Gasteiger partial charge in [0, 0.05) is 32.2 Å². The number of hydrogen-bond acceptors (Lipinski definition) is 3. The van der Waals surface area contributed by atoms with Gasteiger partial charge in [0.1, 0.15) is 0 Å². The lowest BCUT2D eigenvalue weighted by atomic mass is 9.82. The minimum atomic E-state index is -3.15. The second kappa shape index (κ2) is 9.27. The van der Waals surface area contributed by atoms with E-state index in [4.69, 9.17) is 4.99 Å². The van der Waals surface area contributed by atoms with Crippen molar-refractivity contribution in [2.24, 2.45) is 10.9 Å². The van der Waals surface area contributed by atoms with Crippen LogP contribution in [0, 0.1) is 5.92 Å². The summed E-state index contributed by atoms with van der Waals surface area (Å²) >= 11 is 0. The molecule has 2 aliphatic heterocycles. The van der Waals surface area contributed by atoms with Crippen molar-refractivity contribution < 1.29 is 8.42 Å². The number of aliphatic imine (C=N–C) groups is 1. The molecule has 0 aromatic heterocycles. The highest BCUT2D eigenvalue weighted by Gasteiger charge is 2.32. The highest BCUT2D eigenvalue weighted by molar-refractivity contribution is 7.88. The first-order chi connectivity index (χ1) is 13.4. The number of likely N-dealkylation sites (tertiary alicyclic amines) is 1. The van der Waals surface area contributed by atoms with Crippen molar-refractivity contribution in [1.29, 1.82) is 0 Å². The van der Waals surface area contributed by atoms with E-state index in [0.29, 0.717) is 24.9 Å². The number of sulfonamides is 1. The zero-order valence-corrected chi connectivity index (χ0v) is 18.2. The zero-order valence-electron chi connectivity index (χ0n) is 17.3. The average molecular weight is 407 g/mol. The first kappa shape index (κ1) is 21.1. The SMILES string of the molecule is CCNC(=NC[C@H]1CCCN1S(C)(=O)=O)N1CCC(c2ccccc2)C(C)C1. The van der Waals surface area contributed by atoms with Crippen LogP contribution in [0.25, 0.3) is 0 Å². The number of guanidine groups is 1. The molecule has 2 unspecified atom stereocenters. The van der Waals surface area contributed by atoms with E-state index in [1.165, 1.54) is 11.8 Å². The molecule has 7 heteroatoms. The van der Waals surface area contributed by atoms with Crippen LogP contribution >= 0.6 is 0 Å². The Kier molecular flexibility index (Phi) is 6.99. The van der Waals surface area contributed by atoms with Crippen molar-refractivity contribution in [2.75, 3.05) is 39.0 Å². The Labute approximate surface area is 170 Å². The molecule has 1 aromatic carbocycles. The molecule has 28 heavy (non-hydrogen) atoms. The van der Waals surface area contributed by atoms with E-state index in [-0.39, 0.29) is 6.04 Å². The van der Waals surface area contributed by atoms with Crippen molar-refractivity contribution in [3.63, 3.8) is 0 Å². The van der Waals surface area contributed by atoms with E-state index >= 15 is 0 Å². The lowest BCUT2D eigenvalue weighted by molar-refractivity contribution is 0.234. The smallest absolute Gasteiger partial charge is 0.211 e. The first-order valence-corrected chi connectivity index (χ1v) is 12.3. The van der Waals surface area contributed by atoms with Gasteiger partial charge in [-0.05, 0) is 43.6 Å². The van der Waals surface area contributed by atoms with Crippen LogP contribution in [-0.2, 0) is 10.0 Å². The molecule has 0 spiro atoms. The molecule has 1 N–H and O–H groups in total. The maximum atomic E-state index is 12.0.